The third kappa shape index (κ3) is 2.98. The number of halogens is 2. The number of aromatic nitrogens is 1. The summed E-state index contributed by atoms with van der Waals surface area (Å²) in [7, 11) is 0. The monoisotopic (exact) mass is 271 g/mol. The molecular weight excluding hydrogens is 264 g/mol. The zero-order valence-electron chi connectivity index (χ0n) is 9.59. The SMILES string of the molecule is CCOC(=O)c1c(C#N)cc(C(F)F)nc1[N+](=O)[O-]. The first-order valence-corrected chi connectivity index (χ1v) is 4.97. The van der Waals surface area contributed by atoms with Crippen molar-refractivity contribution in [3.8, 4) is 6.07 Å². The molecule has 0 fully saturated rings. The van der Waals surface area contributed by atoms with Gasteiger partial charge in [0.15, 0.2) is 5.56 Å². The van der Waals surface area contributed by atoms with Crippen LogP contribution in [0.4, 0.5) is 14.6 Å². The number of nitriles is 1. The fraction of sp³-hybridized carbons (Fsp3) is 0.300. The molecule has 0 aliphatic heterocycles. The van der Waals surface area contributed by atoms with Gasteiger partial charge in [0.25, 0.3) is 0 Å². The predicted molar refractivity (Wildman–Crippen MR) is 56.5 cm³/mol. The number of pyridine rings is 1. The van der Waals surface area contributed by atoms with Crippen LogP contribution >= 0.6 is 0 Å². The van der Waals surface area contributed by atoms with Crippen molar-refractivity contribution in [3.05, 3.63) is 33.0 Å². The van der Waals surface area contributed by atoms with Gasteiger partial charge in [-0.1, -0.05) is 0 Å². The van der Waals surface area contributed by atoms with E-state index in [9.17, 15) is 23.7 Å². The minimum absolute atomic E-state index is 0.0859. The van der Waals surface area contributed by atoms with Crippen LogP contribution in [-0.4, -0.2) is 22.5 Å². The Morgan fingerprint density at radius 2 is 2.32 bits per heavy atom. The standard InChI is InChI=1S/C10H7F2N3O4/c1-2-19-10(16)7-5(4-13)3-6(8(11)12)14-9(7)15(17)18/h3,8H,2H2,1H3. The molecule has 1 heterocycles. The molecule has 100 valence electrons. The average molecular weight is 271 g/mol. The lowest BCUT2D eigenvalue weighted by Gasteiger charge is -2.05. The smallest absolute Gasteiger partial charge is 0.380 e. The number of rotatable bonds is 4. The van der Waals surface area contributed by atoms with Gasteiger partial charge in [-0.25, -0.2) is 13.6 Å². The van der Waals surface area contributed by atoms with Crippen LogP contribution < -0.4 is 0 Å². The van der Waals surface area contributed by atoms with Crippen LogP contribution in [0.15, 0.2) is 6.07 Å². The van der Waals surface area contributed by atoms with Gasteiger partial charge in [0.1, 0.15) is 6.07 Å². The van der Waals surface area contributed by atoms with E-state index in [-0.39, 0.29) is 6.61 Å². The van der Waals surface area contributed by atoms with E-state index >= 15 is 0 Å². The Labute approximate surface area is 105 Å². The van der Waals surface area contributed by atoms with Crippen molar-refractivity contribution in [3.63, 3.8) is 0 Å². The van der Waals surface area contributed by atoms with Gasteiger partial charge >= 0.3 is 18.2 Å². The second-order valence-electron chi connectivity index (χ2n) is 3.18. The highest BCUT2D eigenvalue weighted by Crippen LogP contribution is 2.26. The van der Waals surface area contributed by atoms with Crippen molar-refractivity contribution in [1.29, 1.82) is 5.26 Å². The summed E-state index contributed by atoms with van der Waals surface area (Å²) >= 11 is 0. The zero-order valence-corrected chi connectivity index (χ0v) is 9.59. The summed E-state index contributed by atoms with van der Waals surface area (Å²) in [6, 6.07) is 2.08. The lowest BCUT2D eigenvalue weighted by molar-refractivity contribution is -0.390. The maximum absolute atomic E-state index is 12.5. The van der Waals surface area contributed by atoms with E-state index in [2.05, 4.69) is 9.72 Å². The summed E-state index contributed by atoms with van der Waals surface area (Å²) in [4.78, 5) is 24.3. The molecule has 0 amide bonds. The van der Waals surface area contributed by atoms with E-state index in [4.69, 9.17) is 5.26 Å². The molecule has 0 spiro atoms. The molecule has 19 heavy (non-hydrogen) atoms. The largest absolute Gasteiger partial charge is 0.462 e. The maximum atomic E-state index is 12.5. The molecule has 0 bridgehead atoms. The Kier molecular flexibility index (Phi) is 4.41. The molecule has 0 N–H and O–H groups in total. The van der Waals surface area contributed by atoms with Crippen molar-refractivity contribution in [2.75, 3.05) is 6.61 Å². The average Bonchev–Trinajstić information content (AvgIpc) is 2.36. The van der Waals surface area contributed by atoms with Gasteiger partial charge in [-0.15, -0.1) is 0 Å². The Morgan fingerprint density at radius 1 is 1.68 bits per heavy atom. The van der Waals surface area contributed by atoms with E-state index in [0.717, 1.165) is 0 Å². The predicted octanol–water partition coefficient (Wildman–Crippen LogP) is 1.98. The van der Waals surface area contributed by atoms with Crippen LogP contribution in [0.2, 0.25) is 0 Å². The van der Waals surface area contributed by atoms with Crippen LogP contribution in [0.3, 0.4) is 0 Å². The molecule has 1 aromatic rings. The first-order valence-electron chi connectivity index (χ1n) is 4.97. The molecule has 0 radical (unpaired) electrons. The normalized spacial score (nSPS) is 10.1. The van der Waals surface area contributed by atoms with Gasteiger partial charge in [-0.2, -0.15) is 5.26 Å². The Morgan fingerprint density at radius 3 is 2.74 bits per heavy atom. The molecule has 1 aromatic heterocycles. The van der Waals surface area contributed by atoms with E-state index in [1.54, 1.807) is 0 Å². The van der Waals surface area contributed by atoms with Crippen molar-refractivity contribution < 1.29 is 23.2 Å². The molecule has 0 aromatic carbocycles. The van der Waals surface area contributed by atoms with Crippen molar-refractivity contribution in [2.45, 2.75) is 13.3 Å². The van der Waals surface area contributed by atoms with E-state index in [1.165, 1.54) is 13.0 Å². The highest BCUT2D eigenvalue weighted by atomic mass is 19.3. The quantitative estimate of drug-likeness (QED) is 0.470. The van der Waals surface area contributed by atoms with Crippen molar-refractivity contribution >= 4 is 11.8 Å². The fourth-order valence-electron chi connectivity index (χ4n) is 1.29. The highest BCUT2D eigenvalue weighted by Gasteiger charge is 2.31. The van der Waals surface area contributed by atoms with Gasteiger partial charge in [0, 0.05) is 6.07 Å². The highest BCUT2D eigenvalue weighted by molar-refractivity contribution is 5.95. The molecule has 0 unspecified atom stereocenters. The molecule has 7 nitrogen and oxygen atoms in total. The number of nitro groups is 1. The summed E-state index contributed by atoms with van der Waals surface area (Å²) < 4.78 is 29.5. The van der Waals surface area contributed by atoms with Crippen molar-refractivity contribution in [1.82, 2.24) is 4.98 Å². The number of hydrogen-bond acceptors (Lipinski definition) is 6. The summed E-state index contributed by atoms with van der Waals surface area (Å²) in [5.74, 6) is -2.27. The Balaban J connectivity index is 3.55. The third-order valence-electron chi connectivity index (χ3n) is 2.02. The van der Waals surface area contributed by atoms with Gasteiger partial charge in [-0.3, -0.25) is 0 Å². The second-order valence-corrected chi connectivity index (χ2v) is 3.18. The van der Waals surface area contributed by atoms with E-state index in [1.807, 2.05) is 0 Å². The minimum Gasteiger partial charge on any atom is -0.462 e. The molecule has 9 heteroatoms. The zero-order chi connectivity index (χ0) is 14.6. The topological polar surface area (TPSA) is 106 Å². The summed E-state index contributed by atoms with van der Waals surface area (Å²) in [6.07, 6.45) is -3.10. The number of alkyl halides is 2. The molecular formula is C10H7F2N3O4. The number of ether oxygens (including phenoxy) is 1. The molecule has 0 atom stereocenters. The van der Waals surface area contributed by atoms with Gasteiger partial charge in [0.2, 0.25) is 5.69 Å². The minimum atomic E-state index is -3.10. The molecule has 1 rings (SSSR count). The van der Waals surface area contributed by atoms with Crippen LogP contribution in [0, 0.1) is 21.4 Å². The van der Waals surface area contributed by atoms with Gasteiger partial charge in [0.05, 0.1) is 12.2 Å². The third-order valence-corrected chi connectivity index (χ3v) is 2.02. The lowest BCUT2D eigenvalue weighted by atomic mass is 10.1. The van der Waals surface area contributed by atoms with Crippen LogP contribution in [0.5, 0.6) is 0 Å². The van der Waals surface area contributed by atoms with E-state index in [0.29, 0.717) is 6.07 Å². The van der Waals surface area contributed by atoms with Crippen molar-refractivity contribution in [2.24, 2.45) is 0 Å². The number of carbonyl (C=O) groups excluding carboxylic acids is 1. The first kappa shape index (κ1) is 14.4. The van der Waals surface area contributed by atoms with Crippen LogP contribution in [-0.2, 0) is 4.74 Å². The Hall–Kier alpha value is -2.63. The summed E-state index contributed by atoms with van der Waals surface area (Å²) in [6.45, 7) is 1.37. The van der Waals surface area contributed by atoms with Crippen LogP contribution in [0.1, 0.15) is 35.0 Å². The summed E-state index contributed by atoms with van der Waals surface area (Å²) in [5.41, 5.74) is -2.24. The molecule has 0 saturated carbocycles. The molecule has 0 aliphatic carbocycles. The lowest BCUT2D eigenvalue weighted by Crippen LogP contribution is -2.13. The number of hydrogen-bond donors (Lipinski definition) is 0. The fourth-order valence-corrected chi connectivity index (χ4v) is 1.29. The van der Waals surface area contributed by atoms with E-state index < -0.39 is 40.0 Å². The van der Waals surface area contributed by atoms with Gasteiger partial charge < -0.3 is 14.9 Å². The van der Waals surface area contributed by atoms with Crippen LogP contribution in [0.25, 0.3) is 0 Å². The maximum Gasteiger partial charge on any atom is 0.380 e. The second kappa shape index (κ2) is 5.81. The number of nitrogens with zero attached hydrogens (tertiary/aromatic N) is 3. The van der Waals surface area contributed by atoms with Gasteiger partial charge in [-0.05, 0) is 16.8 Å². The molecule has 0 aliphatic rings. The first-order chi connectivity index (χ1) is 8.92. The molecule has 0 saturated heterocycles. The Bertz CT molecular complexity index is 569. The summed E-state index contributed by atoms with van der Waals surface area (Å²) in [5, 5.41) is 19.5. The number of esters is 1. The number of carbonyl (C=O) groups is 1.